The molecular weight excluding hydrogens is 399 g/mol. The molecule has 10 heteroatoms. The van der Waals surface area contributed by atoms with Crippen LogP contribution in [0.15, 0.2) is 40.2 Å². The largest absolute Gasteiger partial charge is 0.416 e. The van der Waals surface area contributed by atoms with Crippen molar-refractivity contribution in [1.29, 1.82) is 0 Å². The lowest BCUT2D eigenvalue weighted by Crippen LogP contribution is -2.43. The maximum absolute atomic E-state index is 12.6. The molecular formula is C13H9BrF3N3O2S. The normalized spacial score (nSPS) is 11.0. The summed E-state index contributed by atoms with van der Waals surface area (Å²) < 4.78 is 38.3. The summed E-state index contributed by atoms with van der Waals surface area (Å²) in [5.74, 6) is -0.550. The van der Waals surface area contributed by atoms with Gasteiger partial charge in [-0.3, -0.25) is 10.2 Å². The molecule has 0 aliphatic carbocycles. The number of benzene rings is 1. The van der Waals surface area contributed by atoms with Crippen LogP contribution in [0.4, 0.5) is 23.7 Å². The maximum Gasteiger partial charge on any atom is 0.416 e. The smallest absolute Gasteiger partial charge is 0.307 e. The van der Waals surface area contributed by atoms with E-state index in [0.29, 0.717) is 9.35 Å². The van der Waals surface area contributed by atoms with Gasteiger partial charge in [0.25, 0.3) is 5.91 Å². The highest BCUT2D eigenvalue weighted by molar-refractivity contribution is 9.10. The molecule has 3 amide bonds. The lowest BCUT2D eigenvalue weighted by Gasteiger charge is -2.11. The molecule has 23 heavy (non-hydrogen) atoms. The van der Waals surface area contributed by atoms with Gasteiger partial charge in [-0.1, -0.05) is 6.07 Å². The number of thiophene rings is 1. The molecule has 0 atom stereocenters. The van der Waals surface area contributed by atoms with Gasteiger partial charge in [-0.05, 0) is 45.6 Å². The van der Waals surface area contributed by atoms with Crippen LogP contribution in [0.3, 0.4) is 0 Å². The molecule has 1 aromatic heterocycles. The van der Waals surface area contributed by atoms with Crippen LogP contribution in [0.25, 0.3) is 0 Å². The Morgan fingerprint density at radius 2 is 1.87 bits per heavy atom. The summed E-state index contributed by atoms with van der Waals surface area (Å²) >= 11 is 4.33. The highest BCUT2D eigenvalue weighted by Crippen LogP contribution is 2.30. The summed E-state index contributed by atoms with van der Waals surface area (Å²) in [5, 5.41) is 3.88. The van der Waals surface area contributed by atoms with Gasteiger partial charge in [0.15, 0.2) is 0 Å². The summed E-state index contributed by atoms with van der Waals surface area (Å²) in [6, 6.07) is 4.94. The number of amides is 3. The standard InChI is InChI=1S/C13H9BrF3N3O2S/c14-9-4-5-23-10(9)11(21)19-20-12(22)18-8-3-1-2-7(6-8)13(15,16)17/h1-6H,(H,19,21)(H2,18,20,22). The van der Waals surface area contributed by atoms with Crippen molar-refractivity contribution in [2.75, 3.05) is 5.32 Å². The zero-order valence-electron chi connectivity index (χ0n) is 11.2. The van der Waals surface area contributed by atoms with Crippen LogP contribution in [0.2, 0.25) is 0 Å². The fourth-order valence-corrected chi connectivity index (χ4v) is 3.01. The highest BCUT2D eigenvalue weighted by atomic mass is 79.9. The van der Waals surface area contributed by atoms with Gasteiger partial charge in [-0.25, -0.2) is 10.2 Å². The molecule has 122 valence electrons. The second-order valence-electron chi connectivity index (χ2n) is 4.21. The predicted octanol–water partition coefficient (Wildman–Crippen LogP) is 4.00. The van der Waals surface area contributed by atoms with Crippen molar-refractivity contribution in [3.05, 3.63) is 50.6 Å². The quantitative estimate of drug-likeness (QED) is 0.658. The molecule has 2 aromatic rings. The van der Waals surface area contributed by atoms with Gasteiger partial charge in [0.05, 0.1) is 5.56 Å². The fourth-order valence-electron chi connectivity index (χ4n) is 1.56. The molecule has 0 aliphatic rings. The molecule has 0 unspecified atom stereocenters. The average molecular weight is 408 g/mol. The zero-order chi connectivity index (χ0) is 17.0. The second kappa shape index (κ2) is 7.01. The topological polar surface area (TPSA) is 70.2 Å². The van der Waals surface area contributed by atoms with Crippen molar-refractivity contribution in [3.63, 3.8) is 0 Å². The number of anilines is 1. The first-order chi connectivity index (χ1) is 10.8. The number of alkyl halides is 3. The number of hydrazine groups is 1. The van der Waals surface area contributed by atoms with Crippen LogP contribution in [0.5, 0.6) is 0 Å². The Morgan fingerprint density at radius 3 is 2.48 bits per heavy atom. The van der Waals surface area contributed by atoms with Gasteiger partial charge in [0, 0.05) is 10.2 Å². The number of carbonyl (C=O) groups is 2. The highest BCUT2D eigenvalue weighted by Gasteiger charge is 2.30. The van der Waals surface area contributed by atoms with E-state index in [1.807, 2.05) is 0 Å². The minimum absolute atomic E-state index is 0.0520. The monoisotopic (exact) mass is 407 g/mol. The number of halogens is 4. The Bertz CT molecular complexity index is 733. The first kappa shape index (κ1) is 17.3. The maximum atomic E-state index is 12.6. The summed E-state index contributed by atoms with van der Waals surface area (Å²) in [5.41, 5.74) is 3.27. The molecule has 1 heterocycles. The zero-order valence-corrected chi connectivity index (χ0v) is 13.6. The minimum Gasteiger partial charge on any atom is -0.307 e. The number of carbonyl (C=O) groups excluding carboxylic acids is 2. The second-order valence-corrected chi connectivity index (χ2v) is 5.98. The number of urea groups is 1. The fraction of sp³-hybridized carbons (Fsp3) is 0.0769. The lowest BCUT2D eigenvalue weighted by atomic mass is 10.2. The molecule has 0 spiro atoms. The van der Waals surface area contributed by atoms with Crippen LogP contribution in [-0.2, 0) is 6.18 Å². The van der Waals surface area contributed by atoms with Crippen molar-refractivity contribution < 1.29 is 22.8 Å². The minimum atomic E-state index is -4.51. The van der Waals surface area contributed by atoms with Crippen molar-refractivity contribution in [2.24, 2.45) is 0 Å². The number of hydrogen-bond donors (Lipinski definition) is 3. The van der Waals surface area contributed by atoms with Crippen molar-refractivity contribution >= 4 is 44.9 Å². The Kier molecular flexibility index (Phi) is 5.26. The van der Waals surface area contributed by atoms with Gasteiger partial charge < -0.3 is 5.32 Å². The summed E-state index contributed by atoms with van der Waals surface area (Å²) in [6.45, 7) is 0. The van der Waals surface area contributed by atoms with Crippen LogP contribution >= 0.6 is 27.3 Å². The number of rotatable bonds is 2. The Morgan fingerprint density at radius 1 is 1.13 bits per heavy atom. The summed E-state index contributed by atoms with van der Waals surface area (Å²) in [6.07, 6.45) is -4.51. The third kappa shape index (κ3) is 4.70. The Labute approximate surface area is 141 Å². The molecule has 0 saturated carbocycles. The SMILES string of the molecule is O=C(NNC(=O)c1sccc1Br)Nc1cccc(C(F)(F)F)c1. The Hall–Kier alpha value is -2.07. The molecule has 1 aromatic carbocycles. The van der Waals surface area contributed by atoms with Crippen molar-refractivity contribution in [1.82, 2.24) is 10.9 Å². The van der Waals surface area contributed by atoms with Gasteiger partial charge in [-0.2, -0.15) is 13.2 Å². The third-order valence-corrected chi connectivity index (χ3v) is 4.40. The van der Waals surface area contributed by atoms with Crippen LogP contribution < -0.4 is 16.2 Å². The van der Waals surface area contributed by atoms with E-state index in [4.69, 9.17) is 0 Å². The van der Waals surface area contributed by atoms with Gasteiger partial charge in [-0.15, -0.1) is 11.3 Å². The number of nitrogens with one attached hydrogen (secondary N) is 3. The molecule has 5 nitrogen and oxygen atoms in total. The van der Waals surface area contributed by atoms with E-state index in [0.717, 1.165) is 23.5 Å². The van der Waals surface area contributed by atoms with Crippen LogP contribution in [0.1, 0.15) is 15.2 Å². The lowest BCUT2D eigenvalue weighted by molar-refractivity contribution is -0.137. The van der Waals surface area contributed by atoms with Gasteiger partial charge in [0.1, 0.15) is 4.88 Å². The molecule has 2 rings (SSSR count). The van der Waals surface area contributed by atoms with E-state index in [1.165, 1.54) is 12.1 Å². The van der Waals surface area contributed by atoms with E-state index in [2.05, 4.69) is 32.1 Å². The van der Waals surface area contributed by atoms with E-state index in [9.17, 15) is 22.8 Å². The van der Waals surface area contributed by atoms with Crippen molar-refractivity contribution in [2.45, 2.75) is 6.18 Å². The molecule has 0 radical (unpaired) electrons. The summed E-state index contributed by atoms with van der Waals surface area (Å²) in [7, 11) is 0. The Balaban J connectivity index is 1.93. The van der Waals surface area contributed by atoms with Crippen LogP contribution in [-0.4, -0.2) is 11.9 Å². The molecule has 0 fully saturated rings. The third-order valence-electron chi connectivity index (χ3n) is 2.56. The van der Waals surface area contributed by atoms with E-state index in [-0.39, 0.29) is 5.69 Å². The first-order valence-corrected chi connectivity index (χ1v) is 7.72. The van der Waals surface area contributed by atoms with Crippen molar-refractivity contribution in [3.8, 4) is 0 Å². The van der Waals surface area contributed by atoms with Crippen LogP contribution in [0, 0.1) is 0 Å². The molecule has 3 N–H and O–H groups in total. The first-order valence-electron chi connectivity index (χ1n) is 6.05. The van der Waals surface area contributed by atoms with Gasteiger partial charge in [0.2, 0.25) is 0 Å². The summed E-state index contributed by atoms with van der Waals surface area (Å²) in [4.78, 5) is 23.7. The number of hydrogen-bond acceptors (Lipinski definition) is 3. The van der Waals surface area contributed by atoms with E-state index in [1.54, 1.807) is 11.4 Å². The van der Waals surface area contributed by atoms with E-state index >= 15 is 0 Å². The average Bonchev–Trinajstić information content (AvgIpc) is 2.90. The molecule has 0 saturated heterocycles. The van der Waals surface area contributed by atoms with Gasteiger partial charge >= 0.3 is 12.2 Å². The molecule has 0 bridgehead atoms. The van der Waals surface area contributed by atoms with E-state index < -0.39 is 23.7 Å². The molecule has 0 aliphatic heterocycles. The predicted molar refractivity (Wildman–Crippen MR) is 83.1 cm³/mol.